The highest BCUT2D eigenvalue weighted by molar-refractivity contribution is 8.00. The zero-order chi connectivity index (χ0) is 14.6. The van der Waals surface area contributed by atoms with Gasteiger partial charge in [0.05, 0.1) is 11.9 Å². The highest BCUT2D eigenvalue weighted by Crippen LogP contribution is 2.25. The number of nitrogens with zero attached hydrogens (tertiary/aromatic N) is 1. The molecule has 0 radical (unpaired) electrons. The number of thioether (sulfide) groups is 1. The van der Waals surface area contributed by atoms with E-state index in [9.17, 15) is 13.5 Å². The molecule has 1 aliphatic heterocycles. The third kappa shape index (κ3) is 4.12. The molecule has 1 heterocycles. The zero-order valence-corrected chi connectivity index (χ0v) is 12.9. The summed E-state index contributed by atoms with van der Waals surface area (Å²) >= 11 is 1.46. The van der Waals surface area contributed by atoms with Gasteiger partial charge in [0.1, 0.15) is 0 Å². The van der Waals surface area contributed by atoms with Crippen molar-refractivity contribution in [1.82, 2.24) is 4.31 Å². The first-order valence-corrected chi connectivity index (χ1v) is 9.22. The number of sulfonamides is 1. The Kier molecular flexibility index (Phi) is 5.31. The van der Waals surface area contributed by atoms with E-state index in [1.54, 1.807) is 0 Å². The largest absolute Gasteiger partial charge is 0.398 e. The molecule has 1 aromatic carbocycles. The molecule has 0 aromatic heterocycles. The predicted octanol–water partition coefficient (Wildman–Crippen LogP) is 1.15. The third-order valence-electron chi connectivity index (χ3n) is 3.33. The van der Waals surface area contributed by atoms with Gasteiger partial charge >= 0.3 is 0 Å². The smallest absolute Gasteiger partial charge is 0.214 e. The van der Waals surface area contributed by atoms with E-state index in [2.05, 4.69) is 0 Å². The molecule has 0 amide bonds. The SMILES string of the molecule is Nc1ccccc1SCCS(=O)(=O)N1CCC(O)CC1. The van der Waals surface area contributed by atoms with Gasteiger partial charge in [0.2, 0.25) is 10.0 Å². The lowest BCUT2D eigenvalue weighted by Crippen LogP contribution is -2.41. The average Bonchev–Trinajstić information content (AvgIpc) is 2.41. The van der Waals surface area contributed by atoms with Crippen LogP contribution in [0.25, 0.3) is 0 Å². The van der Waals surface area contributed by atoms with Crippen LogP contribution in [-0.4, -0.2) is 48.5 Å². The van der Waals surface area contributed by atoms with Gasteiger partial charge in [-0.25, -0.2) is 12.7 Å². The van der Waals surface area contributed by atoms with Crippen LogP contribution < -0.4 is 5.73 Å². The van der Waals surface area contributed by atoms with Crippen LogP contribution >= 0.6 is 11.8 Å². The summed E-state index contributed by atoms with van der Waals surface area (Å²) in [5.74, 6) is 0.581. The lowest BCUT2D eigenvalue weighted by Gasteiger charge is -2.28. The van der Waals surface area contributed by atoms with Crippen molar-refractivity contribution in [1.29, 1.82) is 0 Å². The minimum atomic E-state index is -3.23. The summed E-state index contributed by atoms with van der Waals surface area (Å²) in [5.41, 5.74) is 6.50. The van der Waals surface area contributed by atoms with Crippen LogP contribution in [0.1, 0.15) is 12.8 Å². The van der Waals surface area contributed by atoms with Gasteiger partial charge in [-0.15, -0.1) is 11.8 Å². The maximum absolute atomic E-state index is 12.2. The highest BCUT2D eigenvalue weighted by Gasteiger charge is 2.26. The molecular weight excluding hydrogens is 296 g/mol. The number of anilines is 1. The number of rotatable bonds is 5. The number of para-hydroxylation sites is 1. The number of nitrogens with two attached hydrogens (primary N) is 1. The summed E-state index contributed by atoms with van der Waals surface area (Å²) in [7, 11) is -3.23. The van der Waals surface area contributed by atoms with Crippen molar-refractivity contribution in [3.05, 3.63) is 24.3 Å². The molecular formula is C13H20N2O3S2. The summed E-state index contributed by atoms with van der Waals surface area (Å²) in [6, 6.07) is 7.45. The molecule has 1 saturated heterocycles. The van der Waals surface area contributed by atoms with Gasteiger partial charge in [0.25, 0.3) is 0 Å². The number of hydrogen-bond acceptors (Lipinski definition) is 5. The molecule has 0 aliphatic carbocycles. The standard InChI is InChI=1S/C13H20N2O3S2/c14-12-3-1-2-4-13(12)19-9-10-20(17,18)15-7-5-11(16)6-8-15/h1-4,11,16H,5-10,14H2. The molecule has 0 spiro atoms. The van der Waals surface area contributed by atoms with Crippen LogP contribution in [0.15, 0.2) is 29.2 Å². The van der Waals surface area contributed by atoms with Gasteiger partial charge in [-0.2, -0.15) is 0 Å². The van der Waals surface area contributed by atoms with Crippen molar-refractivity contribution in [3.63, 3.8) is 0 Å². The van der Waals surface area contributed by atoms with Crippen molar-refractivity contribution in [3.8, 4) is 0 Å². The van der Waals surface area contributed by atoms with Crippen molar-refractivity contribution in [2.75, 3.05) is 30.3 Å². The van der Waals surface area contributed by atoms with Crippen molar-refractivity contribution >= 4 is 27.5 Å². The second-order valence-corrected chi connectivity index (χ2v) is 8.06. The predicted molar refractivity (Wildman–Crippen MR) is 82.2 cm³/mol. The normalized spacial score (nSPS) is 18.2. The third-order valence-corrected chi connectivity index (χ3v) is 6.56. The van der Waals surface area contributed by atoms with Crippen LogP contribution in [0.4, 0.5) is 5.69 Å². The van der Waals surface area contributed by atoms with Crippen molar-refractivity contribution in [2.24, 2.45) is 0 Å². The van der Waals surface area contributed by atoms with E-state index in [0.29, 0.717) is 37.4 Å². The number of hydrogen-bond donors (Lipinski definition) is 2. The molecule has 3 N–H and O–H groups in total. The highest BCUT2D eigenvalue weighted by atomic mass is 32.2. The first-order valence-electron chi connectivity index (χ1n) is 6.62. The Balaban J connectivity index is 1.85. The van der Waals surface area contributed by atoms with E-state index < -0.39 is 10.0 Å². The summed E-state index contributed by atoms with van der Waals surface area (Å²) < 4.78 is 25.8. The summed E-state index contributed by atoms with van der Waals surface area (Å²) in [6.07, 6.45) is 0.690. The summed E-state index contributed by atoms with van der Waals surface area (Å²) in [4.78, 5) is 0.914. The molecule has 0 bridgehead atoms. The van der Waals surface area contributed by atoms with Gasteiger partial charge in [-0.1, -0.05) is 12.1 Å². The molecule has 7 heteroatoms. The number of benzene rings is 1. The molecule has 1 fully saturated rings. The van der Waals surface area contributed by atoms with Gasteiger partial charge in [-0.05, 0) is 25.0 Å². The van der Waals surface area contributed by atoms with Crippen molar-refractivity contribution in [2.45, 2.75) is 23.8 Å². The number of piperidine rings is 1. The van der Waals surface area contributed by atoms with Crippen LogP contribution in [0.2, 0.25) is 0 Å². The lowest BCUT2D eigenvalue weighted by molar-refractivity contribution is 0.113. The number of aliphatic hydroxyl groups is 1. The van der Waals surface area contributed by atoms with E-state index >= 15 is 0 Å². The molecule has 112 valence electrons. The van der Waals surface area contributed by atoms with Crippen LogP contribution in [-0.2, 0) is 10.0 Å². The Labute approximate surface area is 124 Å². The minimum Gasteiger partial charge on any atom is -0.398 e. The van der Waals surface area contributed by atoms with Gasteiger partial charge < -0.3 is 10.8 Å². The quantitative estimate of drug-likeness (QED) is 0.629. The molecule has 20 heavy (non-hydrogen) atoms. The Morgan fingerprint density at radius 1 is 1.30 bits per heavy atom. The van der Waals surface area contributed by atoms with Crippen LogP contribution in [0.5, 0.6) is 0 Å². The second-order valence-electron chi connectivity index (χ2n) is 4.83. The average molecular weight is 316 g/mol. The monoisotopic (exact) mass is 316 g/mol. The fourth-order valence-corrected chi connectivity index (χ4v) is 4.95. The van der Waals surface area contributed by atoms with Crippen LogP contribution in [0.3, 0.4) is 0 Å². The first kappa shape index (κ1) is 15.6. The Hall–Kier alpha value is -0.760. The maximum atomic E-state index is 12.2. The molecule has 0 atom stereocenters. The van der Waals surface area contributed by atoms with Crippen LogP contribution in [0, 0.1) is 0 Å². The summed E-state index contributed by atoms with van der Waals surface area (Å²) in [6.45, 7) is 0.837. The molecule has 0 unspecified atom stereocenters. The van der Waals surface area contributed by atoms with Gasteiger partial charge in [0, 0.05) is 29.4 Å². The van der Waals surface area contributed by atoms with Gasteiger partial charge in [-0.3, -0.25) is 0 Å². The van der Waals surface area contributed by atoms with E-state index in [1.165, 1.54) is 16.1 Å². The minimum absolute atomic E-state index is 0.0993. The first-order chi connectivity index (χ1) is 9.49. The molecule has 1 aliphatic rings. The van der Waals surface area contributed by atoms with Gasteiger partial charge in [0.15, 0.2) is 0 Å². The molecule has 0 saturated carbocycles. The molecule has 2 rings (SSSR count). The maximum Gasteiger partial charge on any atom is 0.214 e. The number of nitrogen functional groups attached to an aromatic ring is 1. The fraction of sp³-hybridized carbons (Fsp3) is 0.538. The Morgan fingerprint density at radius 2 is 1.95 bits per heavy atom. The lowest BCUT2D eigenvalue weighted by atomic mass is 10.1. The topological polar surface area (TPSA) is 83.6 Å². The molecule has 5 nitrogen and oxygen atoms in total. The number of aliphatic hydroxyl groups excluding tert-OH is 1. The van der Waals surface area contributed by atoms with Crippen molar-refractivity contribution < 1.29 is 13.5 Å². The van der Waals surface area contributed by atoms with E-state index in [1.807, 2.05) is 24.3 Å². The van der Waals surface area contributed by atoms with E-state index in [-0.39, 0.29) is 11.9 Å². The summed E-state index contributed by atoms with van der Waals surface area (Å²) in [5, 5.41) is 9.41. The molecule has 1 aromatic rings. The van der Waals surface area contributed by atoms with E-state index in [4.69, 9.17) is 5.73 Å². The Bertz CT molecular complexity index is 540. The second kappa shape index (κ2) is 6.80. The fourth-order valence-electron chi connectivity index (χ4n) is 2.12. The zero-order valence-electron chi connectivity index (χ0n) is 11.2. The Morgan fingerprint density at radius 3 is 2.60 bits per heavy atom. The van der Waals surface area contributed by atoms with E-state index in [0.717, 1.165) is 4.90 Å².